The number of allylic oxidation sites excluding steroid dienone is 1. The number of rotatable bonds is 3. The van der Waals surface area contributed by atoms with E-state index in [0.29, 0.717) is 0 Å². The van der Waals surface area contributed by atoms with Crippen LogP contribution in [0, 0.1) is 6.92 Å². The third-order valence-electron chi connectivity index (χ3n) is 4.40. The van der Waals surface area contributed by atoms with Crippen LogP contribution in [-0.2, 0) is 0 Å². The maximum atomic E-state index is 4.93. The van der Waals surface area contributed by atoms with Crippen LogP contribution in [-0.4, -0.2) is 15.7 Å². The Kier molecular flexibility index (Phi) is 4.21. The minimum absolute atomic E-state index is 0.0134. The van der Waals surface area contributed by atoms with Crippen LogP contribution in [0.2, 0.25) is 0 Å². The summed E-state index contributed by atoms with van der Waals surface area (Å²) < 4.78 is 0. The number of nitrogens with zero attached hydrogens (tertiary/aromatic N) is 3. The van der Waals surface area contributed by atoms with Gasteiger partial charge in [-0.3, -0.25) is 15.0 Å². The van der Waals surface area contributed by atoms with Crippen molar-refractivity contribution in [3.63, 3.8) is 0 Å². The second-order valence-corrected chi connectivity index (χ2v) is 6.24. The van der Waals surface area contributed by atoms with E-state index in [4.69, 9.17) is 4.99 Å². The molecule has 0 fully saturated rings. The summed E-state index contributed by atoms with van der Waals surface area (Å²) in [7, 11) is 0. The summed E-state index contributed by atoms with van der Waals surface area (Å²) >= 11 is 0. The van der Waals surface area contributed by atoms with E-state index in [1.54, 1.807) is 0 Å². The minimum atomic E-state index is 0.0134. The van der Waals surface area contributed by atoms with Crippen LogP contribution < -0.4 is 0 Å². The van der Waals surface area contributed by atoms with E-state index >= 15 is 0 Å². The summed E-state index contributed by atoms with van der Waals surface area (Å²) in [6.07, 6.45) is 6.64. The highest BCUT2D eigenvalue weighted by Gasteiger charge is 2.21. The lowest BCUT2D eigenvalue weighted by molar-refractivity contribution is 0.719. The number of dihydropyridines is 1. The predicted octanol–water partition coefficient (Wildman–Crippen LogP) is 4.80. The molecule has 3 aromatic rings. The third kappa shape index (κ3) is 3.41. The molecule has 0 radical (unpaired) electrons. The van der Waals surface area contributed by atoms with Crippen LogP contribution >= 0.6 is 0 Å². The fourth-order valence-corrected chi connectivity index (χ4v) is 3.05. The average Bonchev–Trinajstić information content (AvgIpc) is 2.69. The Bertz CT molecular complexity index is 911. The van der Waals surface area contributed by atoms with Gasteiger partial charge in [0.05, 0.1) is 23.1 Å². The first kappa shape index (κ1) is 15.5. The van der Waals surface area contributed by atoms with Crippen molar-refractivity contribution in [1.82, 2.24) is 9.97 Å². The standard InChI is InChI=1S/C22H19N3/c1-16-8-10-17(11-9-16)18-14-21(19-6-2-4-12-23-19)25-22(15-18)20-7-3-5-13-24-20/h2-14,22H,15H2,1H3. The zero-order valence-corrected chi connectivity index (χ0v) is 14.1. The van der Waals surface area contributed by atoms with Crippen molar-refractivity contribution in [2.45, 2.75) is 19.4 Å². The molecule has 1 unspecified atom stereocenters. The molecule has 0 saturated carbocycles. The highest BCUT2D eigenvalue weighted by atomic mass is 14.9. The Hall–Kier alpha value is -3.07. The molecule has 3 heteroatoms. The first-order chi connectivity index (χ1) is 12.3. The zero-order valence-electron chi connectivity index (χ0n) is 14.1. The van der Waals surface area contributed by atoms with Crippen molar-refractivity contribution >= 4 is 11.3 Å². The SMILES string of the molecule is Cc1ccc(C2=CC(c3ccccn3)=NC(c3ccccn3)C2)cc1. The topological polar surface area (TPSA) is 38.1 Å². The monoisotopic (exact) mass is 325 g/mol. The van der Waals surface area contributed by atoms with Gasteiger partial charge in [0.1, 0.15) is 0 Å². The van der Waals surface area contributed by atoms with Crippen molar-refractivity contribution in [2.24, 2.45) is 4.99 Å². The fourth-order valence-electron chi connectivity index (χ4n) is 3.05. The van der Waals surface area contributed by atoms with E-state index in [9.17, 15) is 0 Å². The molecule has 0 spiro atoms. The van der Waals surface area contributed by atoms with Crippen LogP contribution in [0.25, 0.3) is 5.57 Å². The summed E-state index contributed by atoms with van der Waals surface area (Å²) in [5, 5.41) is 0. The van der Waals surface area contributed by atoms with Crippen molar-refractivity contribution in [3.05, 3.63) is 102 Å². The van der Waals surface area contributed by atoms with Gasteiger partial charge in [0.15, 0.2) is 0 Å². The molecular weight excluding hydrogens is 306 g/mol. The lowest BCUT2D eigenvalue weighted by Crippen LogP contribution is -2.12. The number of hydrogen-bond donors (Lipinski definition) is 0. The van der Waals surface area contributed by atoms with Gasteiger partial charge in [-0.15, -0.1) is 0 Å². The van der Waals surface area contributed by atoms with Gasteiger partial charge < -0.3 is 0 Å². The van der Waals surface area contributed by atoms with Gasteiger partial charge in [-0.25, -0.2) is 0 Å². The number of aliphatic imine (C=N–C) groups is 1. The predicted molar refractivity (Wildman–Crippen MR) is 102 cm³/mol. The van der Waals surface area contributed by atoms with Crippen LogP contribution in [0.1, 0.15) is 35.0 Å². The lowest BCUT2D eigenvalue weighted by atomic mass is 9.92. The largest absolute Gasteiger partial charge is 0.273 e. The van der Waals surface area contributed by atoms with Gasteiger partial charge in [0.2, 0.25) is 0 Å². The molecule has 25 heavy (non-hydrogen) atoms. The van der Waals surface area contributed by atoms with Gasteiger partial charge >= 0.3 is 0 Å². The lowest BCUT2D eigenvalue weighted by Gasteiger charge is -2.21. The number of aryl methyl sites for hydroxylation is 1. The molecule has 4 rings (SSSR count). The Morgan fingerprint density at radius 1 is 0.840 bits per heavy atom. The summed E-state index contributed by atoms with van der Waals surface area (Å²) in [4.78, 5) is 13.9. The van der Waals surface area contributed by atoms with Crippen molar-refractivity contribution < 1.29 is 0 Å². The number of aromatic nitrogens is 2. The summed E-state index contributed by atoms with van der Waals surface area (Å²) in [6.45, 7) is 2.11. The van der Waals surface area contributed by atoms with Crippen molar-refractivity contribution in [3.8, 4) is 0 Å². The molecule has 0 bridgehead atoms. The molecule has 0 amide bonds. The normalized spacial score (nSPS) is 16.9. The van der Waals surface area contributed by atoms with Gasteiger partial charge in [0, 0.05) is 18.8 Å². The van der Waals surface area contributed by atoms with Gasteiger partial charge in [-0.1, -0.05) is 42.0 Å². The van der Waals surface area contributed by atoms with E-state index in [1.807, 2.05) is 48.8 Å². The van der Waals surface area contributed by atoms with E-state index in [2.05, 4.69) is 47.2 Å². The highest BCUT2D eigenvalue weighted by molar-refractivity contribution is 6.12. The summed E-state index contributed by atoms with van der Waals surface area (Å²) in [5.74, 6) is 0. The number of benzene rings is 1. The van der Waals surface area contributed by atoms with Crippen LogP contribution in [0.4, 0.5) is 0 Å². The quantitative estimate of drug-likeness (QED) is 0.693. The third-order valence-corrected chi connectivity index (χ3v) is 4.40. The van der Waals surface area contributed by atoms with Crippen molar-refractivity contribution in [2.75, 3.05) is 0 Å². The van der Waals surface area contributed by atoms with E-state index < -0.39 is 0 Å². The van der Waals surface area contributed by atoms with E-state index in [0.717, 1.165) is 23.5 Å². The van der Waals surface area contributed by atoms with Crippen LogP contribution in [0.15, 0.2) is 84.1 Å². The molecule has 0 aliphatic carbocycles. The second-order valence-electron chi connectivity index (χ2n) is 6.24. The summed E-state index contributed by atoms with van der Waals surface area (Å²) in [5.41, 5.74) is 6.57. The van der Waals surface area contributed by atoms with Gasteiger partial charge in [-0.2, -0.15) is 0 Å². The molecule has 1 aromatic carbocycles. The minimum Gasteiger partial charge on any atom is -0.273 e. The van der Waals surface area contributed by atoms with E-state index in [-0.39, 0.29) is 6.04 Å². The molecular formula is C22H19N3. The molecule has 0 saturated heterocycles. The maximum absolute atomic E-state index is 4.93. The average molecular weight is 325 g/mol. The maximum Gasteiger partial charge on any atom is 0.0968 e. The highest BCUT2D eigenvalue weighted by Crippen LogP contribution is 2.34. The second kappa shape index (κ2) is 6.81. The molecule has 1 aliphatic rings. The molecule has 122 valence electrons. The first-order valence-electron chi connectivity index (χ1n) is 8.47. The Morgan fingerprint density at radius 2 is 1.60 bits per heavy atom. The smallest absolute Gasteiger partial charge is 0.0968 e. The number of hydrogen-bond acceptors (Lipinski definition) is 3. The molecule has 0 N–H and O–H groups in total. The van der Waals surface area contributed by atoms with Crippen LogP contribution in [0.5, 0.6) is 0 Å². The zero-order chi connectivity index (χ0) is 17.1. The molecule has 3 nitrogen and oxygen atoms in total. The fraction of sp³-hybridized carbons (Fsp3) is 0.136. The van der Waals surface area contributed by atoms with Crippen LogP contribution in [0.3, 0.4) is 0 Å². The van der Waals surface area contributed by atoms with Crippen molar-refractivity contribution in [1.29, 1.82) is 0 Å². The van der Waals surface area contributed by atoms with Gasteiger partial charge in [0.25, 0.3) is 0 Å². The molecule has 2 aromatic heterocycles. The Balaban J connectivity index is 1.78. The molecule has 1 atom stereocenters. The molecule has 3 heterocycles. The number of pyridine rings is 2. The Labute approximate surface area is 147 Å². The van der Waals surface area contributed by atoms with Gasteiger partial charge in [-0.05, 0) is 48.4 Å². The first-order valence-corrected chi connectivity index (χ1v) is 8.47. The summed E-state index contributed by atoms with van der Waals surface area (Å²) in [6, 6.07) is 20.6. The van der Waals surface area contributed by atoms with E-state index in [1.165, 1.54) is 16.7 Å². The Morgan fingerprint density at radius 3 is 2.28 bits per heavy atom. The molecule has 1 aliphatic heterocycles.